The lowest BCUT2D eigenvalue weighted by molar-refractivity contribution is -0.135. The first-order valence-corrected chi connectivity index (χ1v) is 7.02. The summed E-state index contributed by atoms with van der Waals surface area (Å²) in [6.07, 6.45) is 4.49. The molecule has 0 aliphatic rings. The first-order valence-electron chi connectivity index (χ1n) is 7.02. The maximum Gasteiger partial charge on any atom is 0.261 e. The molecule has 1 amide bonds. The Labute approximate surface area is 123 Å². The molecule has 0 fully saturated rings. The van der Waals surface area contributed by atoms with Gasteiger partial charge in [0.1, 0.15) is 6.54 Å². The third-order valence-electron chi connectivity index (χ3n) is 3.33. The van der Waals surface area contributed by atoms with Crippen molar-refractivity contribution in [1.82, 2.24) is 19.4 Å². The Hall–Kier alpha value is -2.24. The van der Waals surface area contributed by atoms with Gasteiger partial charge in [0.05, 0.1) is 23.4 Å². The van der Waals surface area contributed by atoms with Crippen molar-refractivity contribution in [3.63, 3.8) is 0 Å². The van der Waals surface area contributed by atoms with Crippen molar-refractivity contribution in [3.05, 3.63) is 35.1 Å². The highest BCUT2D eigenvalue weighted by molar-refractivity contribution is 5.78. The van der Waals surface area contributed by atoms with Crippen LogP contribution in [0.15, 0.2) is 29.6 Å². The summed E-state index contributed by atoms with van der Waals surface area (Å²) in [7, 11) is 0. The average Bonchev–Trinajstić information content (AvgIpc) is 2.41. The van der Waals surface area contributed by atoms with Gasteiger partial charge in [-0.15, -0.1) is 0 Å². The van der Waals surface area contributed by atoms with Gasteiger partial charge in [-0.05, 0) is 33.8 Å². The predicted octanol–water partition coefficient (Wildman–Crippen LogP) is 1.44. The van der Waals surface area contributed by atoms with E-state index >= 15 is 0 Å². The van der Waals surface area contributed by atoms with Crippen LogP contribution in [0.5, 0.6) is 0 Å². The molecule has 21 heavy (non-hydrogen) atoms. The Morgan fingerprint density at radius 2 is 1.95 bits per heavy atom. The monoisotopic (exact) mass is 288 g/mol. The third kappa shape index (κ3) is 3.09. The fourth-order valence-corrected chi connectivity index (χ4v) is 2.52. The number of aromatic nitrogens is 3. The van der Waals surface area contributed by atoms with E-state index in [1.165, 1.54) is 17.1 Å². The van der Waals surface area contributed by atoms with Gasteiger partial charge in [-0.3, -0.25) is 19.1 Å². The molecule has 2 aromatic rings. The van der Waals surface area contributed by atoms with E-state index in [1.807, 2.05) is 27.7 Å². The Bertz CT molecular complexity index is 698. The van der Waals surface area contributed by atoms with Gasteiger partial charge in [-0.1, -0.05) is 0 Å². The molecule has 2 rings (SSSR count). The van der Waals surface area contributed by atoms with Gasteiger partial charge < -0.3 is 4.90 Å². The Morgan fingerprint density at radius 1 is 1.29 bits per heavy atom. The number of nitrogens with zero attached hydrogens (tertiary/aromatic N) is 4. The molecule has 0 spiro atoms. The molecule has 2 heterocycles. The Kier molecular flexibility index (Phi) is 4.35. The minimum atomic E-state index is -0.219. The summed E-state index contributed by atoms with van der Waals surface area (Å²) in [4.78, 5) is 34.6. The second kappa shape index (κ2) is 6.03. The molecule has 0 saturated carbocycles. The van der Waals surface area contributed by atoms with Crippen LogP contribution in [-0.2, 0) is 11.3 Å². The van der Waals surface area contributed by atoms with Crippen LogP contribution in [0.1, 0.15) is 27.7 Å². The zero-order chi connectivity index (χ0) is 15.6. The van der Waals surface area contributed by atoms with Crippen molar-refractivity contribution >= 4 is 16.8 Å². The Balaban J connectivity index is 2.34. The van der Waals surface area contributed by atoms with Crippen LogP contribution >= 0.6 is 0 Å². The summed E-state index contributed by atoms with van der Waals surface area (Å²) in [6, 6.07) is 1.80. The van der Waals surface area contributed by atoms with E-state index in [0.717, 1.165) is 0 Å². The number of fused-ring (bicyclic) bond motifs is 1. The lowest BCUT2D eigenvalue weighted by Gasteiger charge is -2.31. The molecule has 112 valence electrons. The van der Waals surface area contributed by atoms with E-state index in [1.54, 1.807) is 17.2 Å². The number of rotatable bonds is 4. The van der Waals surface area contributed by atoms with Gasteiger partial charge in [-0.25, -0.2) is 4.98 Å². The summed E-state index contributed by atoms with van der Waals surface area (Å²) >= 11 is 0. The summed E-state index contributed by atoms with van der Waals surface area (Å²) in [5.74, 6) is -0.0858. The zero-order valence-electron chi connectivity index (χ0n) is 12.8. The van der Waals surface area contributed by atoms with Crippen molar-refractivity contribution in [1.29, 1.82) is 0 Å². The summed E-state index contributed by atoms with van der Waals surface area (Å²) in [5, 5.41) is 0.473. The van der Waals surface area contributed by atoms with E-state index in [9.17, 15) is 9.59 Å². The van der Waals surface area contributed by atoms with Gasteiger partial charge in [-0.2, -0.15) is 0 Å². The Morgan fingerprint density at radius 3 is 2.57 bits per heavy atom. The highest BCUT2D eigenvalue weighted by atomic mass is 16.2. The van der Waals surface area contributed by atoms with Gasteiger partial charge in [0, 0.05) is 18.3 Å². The number of carbonyl (C=O) groups is 1. The van der Waals surface area contributed by atoms with Gasteiger partial charge >= 0.3 is 0 Å². The van der Waals surface area contributed by atoms with Crippen LogP contribution in [0.25, 0.3) is 10.9 Å². The van der Waals surface area contributed by atoms with E-state index < -0.39 is 0 Å². The molecule has 0 radical (unpaired) electrons. The number of hydrogen-bond acceptors (Lipinski definition) is 4. The fraction of sp³-hybridized carbons (Fsp3) is 0.467. The number of amides is 1. The first kappa shape index (κ1) is 15.2. The normalized spacial score (nSPS) is 11.3. The van der Waals surface area contributed by atoms with E-state index in [2.05, 4.69) is 9.97 Å². The molecule has 0 bridgehead atoms. The molecular formula is C15H20N4O2. The van der Waals surface area contributed by atoms with E-state index in [-0.39, 0.29) is 30.1 Å². The molecule has 0 atom stereocenters. The van der Waals surface area contributed by atoms with Crippen LogP contribution in [0.4, 0.5) is 0 Å². The second-order valence-corrected chi connectivity index (χ2v) is 5.56. The second-order valence-electron chi connectivity index (χ2n) is 5.56. The smallest absolute Gasteiger partial charge is 0.261 e. The maximum absolute atomic E-state index is 12.4. The van der Waals surface area contributed by atoms with Gasteiger partial charge in [0.25, 0.3) is 5.56 Å². The largest absolute Gasteiger partial charge is 0.336 e. The summed E-state index contributed by atoms with van der Waals surface area (Å²) < 4.78 is 1.35. The number of pyridine rings is 1. The van der Waals surface area contributed by atoms with Crippen molar-refractivity contribution in [2.45, 2.75) is 46.3 Å². The summed E-state index contributed by atoms with van der Waals surface area (Å²) in [5.41, 5.74) is 0.319. The number of hydrogen-bond donors (Lipinski definition) is 0. The molecule has 6 heteroatoms. The third-order valence-corrected chi connectivity index (χ3v) is 3.33. The van der Waals surface area contributed by atoms with E-state index in [0.29, 0.717) is 10.9 Å². The van der Waals surface area contributed by atoms with Crippen LogP contribution in [0, 0.1) is 0 Å². The predicted molar refractivity (Wildman–Crippen MR) is 80.9 cm³/mol. The van der Waals surface area contributed by atoms with Crippen LogP contribution in [0.3, 0.4) is 0 Å². The molecule has 6 nitrogen and oxygen atoms in total. The summed E-state index contributed by atoms with van der Waals surface area (Å²) in [6.45, 7) is 7.85. The van der Waals surface area contributed by atoms with Gasteiger partial charge in [0.15, 0.2) is 0 Å². The maximum atomic E-state index is 12.4. The molecular weight excluding hydrogens is 268 g/mol. The molecule has 0 aliphatic heterocycles. The molecule has 0 unspecified atom stereocenters. The topological polar surface area (TPSA) is 68.1 Å². The highest BCUT2D eigenvalue weighted by Gasteiger charge is 2.20. The van der Waals surface area contributed by atoms with Crippen LogP contribution < -0.4 is 5.56 Å². The van der Waals surface area contributed by atoms with Crippen molar-refractivity contribution in [2.75, 3.05) is 0 Å². The zero-order valence-corrected chi connectivity index (χ0v) is 12.8. The minimum Gasteiger partial charge on any atom is -0.336 e. The van der Waals surface area contributed by atoms with Crippen molar-refractivity contribution in [3.8, 4) is 0 Å². The van der Waals surface area contributed by atoms with E-state index in [4.69, 9.17) is 0 Å². The molecule has 0 N–H and O–H groups in total. The average molecular weight is 288 g/mol. The lowest BCUT2D eigenvalue weighted by Crippen LogP contribution is -2.44. The minimum absolute atomic E-state index is 0.000453. The van der Waals surface area contributed by atoms with Crippen LogP contribution in [-0.4, -0.2) is 37.4 Å². The molecule has 0 aromatic carbocycles. The molecule has 2 aromatic heterocycles. The molecule has 0 saturated heterocycles. The highest BCUT2D eigenvalue weighted by Crippen LogP contribution is 2.07. The molecule has 0 aliphatic carbocycles. The first-order chi connectivity index (χ1) is 9.91. The lowest BCUT2D eigenvalue weighted by atomic mass is 10.2. The standard InChI is InChI=1S/C15H20N4O2/c1-10(2)19(11(3)4)14(20)8-18-9-17-13-7-16-6-5-12(13)15(18)21/h5-7,9-11H,8H2,1-4H3. The fourth-order valence-electron chi connectivity index (χ4n) is 2.52. The van der Waals surface area contributed by atoms with Crippen molar-refractivity contribution < 1.29 is 4.79 Å². The SMILES string of the molecule is CC(C)N(C(=O)Cn1cnc2cnccc2c1=O)C(C)C. The number of carbonyl (C=O) groups excluding carboxylic acids is 1. The quantitative estimate of drug-likeness (QED) is 0.853. The van der Waals surface area contributed by atoms with Crippen LogP contribution in [0.2, 0.25) is 0 Å². The van der Waals surface area contributed by atoms with Gasteiger partial charge in [0.2, 0.25) is 5.91 Å². The van der Waals surface area contributed by atoms with Crippen molar-refractivity contribution in [2.24, 2.45) is 0 Å².